The molecule has 0 fully saturated rings. The Morgan fingerprint density at radius 2 is 1.70 bits per heavy atom. The van der Waals surface area contributed by atoms with Crippen LogP contribution in [0.1, 0.15) is 15.4 Å². The zero-order valence-electron chi connectivity index (χ0n) is 11.3. The van der Waals surface area contributed by atoms with Crippen molar-refractivity contribution >= 4 is 17.0 Å². The van der Waals surface area contributed by atoms with Crippen LogP contribution in [-0.4, -0.2) is 4.98 Å². The second-order valence-electron chi connectivity index (χ2n) is 4.80. The summed E-state index contributed by atoms with van der Waals surface area (Å²) in [5.74, 6) is 0. The van der Waals surface area contributed by atoms with Gasteiger partial charge in [-0.1, -0.05) is 42.5 Å². The van der Waals surface area contributed by atoms with Gasteiger partial charge in [-0.15, -0.1) is 11.3 Å². The quantitative estimate of drug-likeness (QED) is 0.727. The van der Waals surface area contributed by atoms with Crippen molar-refractivity contribution in [2.24, 2.45) is 0 Å². The lowest BCUT2D eigenvalue weighted by atomic mass is 10.1. The summed E-state index contributed by atoms with van der Waals surface area (Å²) in [6.07, 6.45) is 0.890. The largest absolute Gasteiger partial charge is 0.399 e. The molecule has 0 amide bonds. The Bertz CT molecular complexity index is 700. The maximum absolute atomic E-state index is 5.73. The highest BCUT2D eigenvalue weighted by molar-refractivity contribution is 7.12. The molecule has 0 saturated carbocycles. The summed E-state index contributed by atoms with van der Waals surface area (Å²) in [7, 11) is 0. The van der Waals surface area contributed by atoms with Crippen LogP contribution >= 0.6 is 11.3 Å². The van der Waals surface area contributed by atoms with Crippen molar-refractivity contribution in [2.45, 2.75) is 13.3 Å². The molecule has 1 heterocycles. The molecule has 0 atom stereocenters. The van der Waals surface area contributed by atoms with E-state index in [1.54, 1.807) is 11.3 Å². The first kappa shape index (κ1) is 12.9. The Morgan fingerprint density at radius 1 is 1.00 bits per heavy atom. The molecule has 3 heteroatoms. The van der Waals surface area contributed by atoms with E-state index in [2.05, 4.69) is 31.2 Å². The van der Waals surface area contributed by atoms with E-state index in [9.17, 15) is 0 Å². The van der Waals surface area contributed by atoms with Crippen LogP contribution in [0.3, 0.4) is 0 Å². The maximum Gasteiger partial charge on any atom is 0.0979 e. The molecule has 2 nitrogen and oxygen atoms in total. The second kappa shape index (κ2) is 5.47. The highest BCUT2D eigenvalue weighted by Crippen LogP contribution is 2.29. The minimum atomic E-state index is 0.783. The van der Waals surface area contributed by atoms with Crippen molar-refractivity contribution in [1.29, 1.82) is 0 Å². The van der Waals surface area contributed by atoms with Gasteiger partial charge in [-0.3, -0.25) is 0 Å². The van der Waals surface area contributed by atoms with Crippen LogP contribution in [0.2, 0.25) is 0 Å². The molecule has 0 bridgehead atoms. The monoisotopic (exact) mass is 280 g/mol. The van der Waals surface area contributed by atoms with Gasteiger partial charge in [-0.2, -0.15) is 0 Å². The summed E-state index contributed by atoms with van der Waals surface area (Å²) in [5.41, 5.74) is 10.0. The van der Waals surface area contributed by atoms with E-state index in [0.717, 1.165) is 28.4 Å². The van der Waals surface area contributed by atoms with Gasteiger partial charge in [0.15, 0.2) is 0 Å². The zero-order chi connectivity index (χ0) is 13.9. The fourth-order valence-electron chi connectivity index (χ4n) is 2.21. The average Bonchev–Trinajstić information content (AvgIpc) is 2.81. The topological polar surface area (TPSA) is 38.9 Å². The Labute approximate surface area is 122 Å². The van der Waals surface area contributed by atoms with E-state index in [1.165, 1.54) is 10.4 Å². The Morgan fingerprint density at radius 3 is 2.40 bits per heavy atom. The fourth-order valence-corrected chi connectivity index (χ4v) is 3.20. The molecular formula is C17H16N2S. The van der Waals surface area contributed by atoms with Crippen molar-refractivity contribution in [2.75, 3.05) is 5.73 Å². The van der Waals surface area contributed by atoms with Crippen molar-refractivity contribution in [3.63, 3.8) is 0 Å². The van der Waals surface area contributed by atoms with Crippen molar-refractivity contribution in [3.8, 4) is 11.3 Å². The number of nitrogen functional groups attached to an aromatic ring is 1. The molecule has 0 radical (unpaired) electrons. The minimum absolute atomic E-state index is 0.783. The summed E-state index contributed by atoms with van der Waals surface area (Å²) in [6.45, 7) is 2.12. The number of hydrogen-bond acceptors (Lipinski definition) is 3. The normalized spacial score (nSPS) is 10.7. The highest BCUT2D eigenvalue weighted by atomic mass is 32.1. The van der Waals surface area contributed by atoms with E-state index in [1.807, 2.05) is 30.3 Å². The number of benzene rings is 2. The zero-order valence-corrected chi connectivity index (χ0v) is 12.2. The molecular weight excluding hydrogens is 264 g/mol. The van der Waals surface area contributed by atoms with Gasteiger partial charge in [0.2, 0.25) is 0 Å². The lowest BCUT2D eigenvalue weighted by molar-refractivity contribution is 1.14. The Hall–Kier alpha value is -2.13. The van der Waals surface area contributed by atoms with E-state index in [0.29, 0.717) is 0 Å². The molecule has 0 aliphatic rings. The van der Waals surface area contributed by atoms with E-state index >= 15 is 0 Å². The predicted octanol–water partition coefficient (Wildman–Crippen LogP) is 4.29. The third-order valence-electron chi connectivity index (χ3n) is 3.22. The Balaban J connectivity index is 1.89. The molecule has 20 heavy (non-hydrogen) atoms. The Kier molecular flexibility index (Phi) is 3.52. The standard InChI is InChI=1S/C17H16N2S/c1-12-17(14-7-9-15(18)10-8-14)19-16(20-12)11-13-5-3-2-4-6-13/h2-10H,11,18H2,1H3. The fraction of sp³-hybridized carbons (Fsp3) is 0.118. The minimum Gasteiger partial charge on any atom is -0.399 e. The number of hydrogen-bond donors (Lipinski definition) is 1. The molecule has 3 aromatic rings. The molecule has 0 unspecified atom stereocenters. The lowest BCUT2D eigenvalue weighted by Crippen LogP contribution is -1.88. The summed E-state index contributed by atoms with van der Waals surface area (Å²) in [5, 5.41) is 1.15. The van der Waals surface area contributed by atoms with Gasteiger partial charge in [-0.05, 0) is 24.6 Å². The van der Waals surface area contributed by atoms with Crippen LogP contribution in [0.15, 0.2) is 54.6 Å². The lowest BCUT2D eigenvalue weighted by Gasteiger charge is -1.99. The molecule has 0 aliphatic carbocycles. The molecule has 100 valence electrons. The smallest absolute Gasteiger partial charge is 0.0979 e. The number of aromatic nitrogens is 1. The summed E-state index contributed by atoms with van der Waals surface area (Å²) in [4.78, 5) is 6.03. The third-order valence-corrected chi connectivity index (χ3v) is 4.19. The second-order valence-corrected chi connectivity index (χ2v) is 6.08. The van der Waals surface area contributed by atoms with Gasteiger partial charge in [-0.25, -0.2) is 4.98 Å². The van der Waals surface area contributed by atoms with Crippen LogP contribution in [0, 0.1) is 6.92 Å². The van der Waals surface area contributed by atoms with E-state index in [-0.39, 0.29) is 0 Å². The van der Waals surface area contributed by atoms with E-state index < -0.39 is 0 Å². The van der Waals surface area contributed by atoms with Crippen LogP contribution in [-0.2, 0) is 6.42 Å². The van der Waals surface area contributed by atoms with Crippen molar-refractivity contribution in [1.82, 2.24) is 4.98 Å². The van der Waals surface area contributed by atoms with Gasteiger partial charge in [0.1, 0.15) is 0 Å². The van der Waals surface area contributed by atoms with Crippen molar-refractivity contribution in [3.05, 3.63) is 70.0 Å². The van der Waals surface area contributed by atoms with Gasteiger partial charge in [0.05, 0.1) is 10.7 Å². The first-order chi connectivity index (χ1) is 9.72. The molecule has 1 aromatic heterocycles. The van der Waals surface area contributed by atoms with Crippen LogP contribution in [0.25, 0.3) is 11.3 Å². The van der Waals surface area contributed by atoms with Gasteiger partial charge in [0, 0.05) is 22.5 Å². The van der Waals surface area contributed by atoms with E-state index in [4.69, 9.17) is 10.7 Å². The highest BCUT2D eigenvalue weighted by Gasteiger charge is 2.10. The predicted molar refractivity (Wildman–Crippen MR) is 85.9 cm³/mol. The average molecular weight is 280 g/mol. The van der Waals surface area contributed by atoms with Crippen LogP contribution in [0.5, 0.6) is 0 Å². The van der Waals surface area contributed by atoms with Crippen LogP contribution in [0.4, 0.5) is 5.69 Å². The van der Waals surface area contributed by atoms with Gasteiger partial charge >= 0.3 is 0 Å². The number of rotatable bonds is 3. The summed E-state index contributed by atoms with van der Waals surface area (Å²) < 4.78 is 0. The molecule has 3 rings (SSSR count). The molecule has 0 saturated heterocycles. The number of aryl methyl sites for hydroxylation is 1. The molecule has 0 spiro atoms. The summed E-state index contributed by atoms with van der Waals surface area (Å²) >= 11 is 1.77. The first-order valence-corrected chi connectivity index (χ1v) is 7.40. The van der Waals surface area contributed by atoms with Crippen molar-refractivity contribution < 1.29 is 0 Å². The third kappa shape index (κ3) is 2.73. The number of nitrogens with two attached hydrogens (primary N) is 1. The summed E-state index contributed by atoms with van der Waals surface area (Å²) in [6, 6.07) is 18.4. The van der Waals surface area contributed by atoms with Crippen LogP contribution < -0.4 is 5.73 Å². The molecule has 0 aliphatic heterocycles. The maximum atomic E-state index is 5.73. The number of anilines is 1. The van der Waals surface area contributed by atoms with Gasteiger partial charge < -0.3 is 5.73 Å². The van der Waals surface area contributed by atoms with Gasteiger partial charge in [0.25, 0.3) is 0 Å². The number of thiazole rings is 1. The molecule has 2 N–H and O–H groups in total. The molecule has 2 aromatic carbocycles. The SMILES string of the molecule is Cc1sc(Cc2ccccc2)nc1-c1ccc(N)cc1. The first-order valence-electron chi connectivity index (χ1n) is 6.58. The number of nitrogens with zero attached hydrogens (tertiary/aromatic N) is 1.